The maximum atomic E-state index is 12.7. The molecule has 0 atom stereocenters. The molecule has 0 aliphatic carbocycles. The lowest BCUT2D eigenvalue weighted by atomic mass is 10.1. The molecule has 0 aliphatic heterocycles. The fourth-order valence-electron chi connectivity index (χ4n) is 3.71. The Morgan fingerprint density at radius 2 is 1.54 bits per heavy atom. The van der Waals surface area contributed by atoms with Crippen LogP contribution >= 0.6 is 11.3 Å². The Hall–Kier alpha value is -4.21. The van der Waals surface area contributed by atoms with Crippen LogP contribution in [0.1, 0.15) is 15.9 Å². The Kier molecular flexibility index (Phi) is 6.64. The molecule has 0 radical (unpaired) electrons. The summed E-state index contributed by atoms with van der Waals surface area (Å²) in [6.45, 7) is 2.06. The highest BCUT2D eigenvalue weighted by atomic mass is 32.2. The van der Waals surface area contributed by atoms with Gasteiger partial charge in [0.25, 0.3) is 15.9 Å². The Balaban J connectivity index is 1.24. The van der Waals surface area contributed by atoms with Gasteiger partial charge in [-0.25, -0.2) is 13.4 Å². The van der Waals surface area contributed by atoms with Crippen molar-refractivity contribution in [2.24, 2.45) is 0 Å². The van der Waals surface area contributed by atoms with Crippen LogP contribution in [-0.2, 0) is 10.0 Å². The van der Waals surface area contributed by atoms with Crippen LogP contribution in [0.3, 0.4) is 0 Å². The van der Waals surface area contributed by atoms with E-state index in [2.05, 4.69) is 23.0 Å². The minimum Gasteiger partial charge on any atom is -0.497 e. The molecule has 5 rings (SSSR count). The van der Waals surface area contributed by atoms with Gasteiger partial charge in [0.15, 0.2) is 0 Å². The van der Waals surface area contributed by atoms with E-state index in [1.165, 1.54) is 24.8 Å². The van der Waals surface area contributed by atoms with E-state index < -0.39 is 10.0 Å². The summed E-state index contributed by atoms with van der Waals surface area (Å²) >= 11 is 1.63. The highest BCUT2D eigenvalue weighted by Gasteiger charge is 2.15. The SMILES string of the molecule is COc1ccc(S(=O)(=O)Nc2ccc(C(=O)Nc3ccc(-c4nc5ccc(C)cc5s4)cc3)cc2)cc1. The third-order valence-electron chi connectivity index (χ3n) is 5.70. The Bertz CT molecular complexity index is 1680. The topological polar surface area (TPSA) is 97.4 Å². The summed E-state index contributed by atoms with van der Waals surface area (Å²) < 4.78 is 34.0. The van der Waals surface area contributed by atoms with Gasteiger partial charge >= 0.3 is 0 Å². The largest absolute Gasteiger partial charge is 0.497 e. The Morgan fingerprint density at radius 3 is 2.22 bits per heavy atom. The van der Waals surface area contributed by atoms with E-state index in [9.17, 15) is 13.2 Å². The van der Waals surface area contributed by atoms with Crippen molar-refractivity contribution in [3.8, 4) is 16.3 Å². The van der Waals surface area contributed by atoms with E-state index in [1.807, 2.05) is 36.4 Å². The summed E-state index contributed by atoms with van der Waals surface area (Å²) in [5, 5.41) is 3.79. The zero-order valence-corrected chi connectivity index (χ0v) is 21.7. The van der Waals surface area contributed by atoms with Crippen LogP contribution in [0.25, 0.3) is 20.8 Å². The molecule has 186 valence electrons. The average Bonchev–Trinajstić information content (AvgIpc) is 3.32. The van der Waals surface area contributed by atoms with Crippen molar-refractivity contribution in [2.75, 3.05) is 17.1 Å². The number of aryl methyl sites for hydroxylation is 1. The Morgan fingerprint density at radius 1 is 0.865 bits per heavy atom. The standard InChI is InChI=1S/C28H23N3O4S2/c1-18-3-16-25-26(17-18)36-28(30-25)20-6-8-21(9-7-20)29-27(32)19-4-10-22(11-5-19)31-37(33,34)24-14-12-23(35-2)13-15-24/h3-17,31H,1-2H3,(H,29,32). The van der Waals surface area contributed by atoms with Gasteiger partial charge in [0.1, 0.15) is 10.8 Å². The third-order valence-corrected chi connectivity index (χ3v) is 8.17. The molecule has 0 unspecified atom stereocenters. The highest BCUT2D eigenvalue weighted by Crippen LogP contribution is 2.31. The normalized spacial score (nSPS) is 11.3. The minimum atomic E-state index is -3.77. The molecule has 0 aliphatic rings. The van der Waals surface area contributed by atoms with Gasteiger partial charge in [-0.3, -0.25) is 9.52 Å². The van der Waals surface area contributed by atoms with Gasteiger partial charge in [-0.15, -0.1) is 11.3 Å². The molecular formula is C28H23N3O4S2. The molecule has 1 aromatic heterocycles. The molecule has 0 bridgehead atoms. The van der Waals surface area contributed by atoms with Crippen LogP contribution in [0.5, 0.6) is 5.75 Å². The molecule has 0 spiro atoms. The number of hydrogen-bond donors (Lipinski definition) is 2. The summed E-state index contributed by atoms with van der Waals surface area (Å²) in [7, 11) is -2.26. The fourth-order valence-corrected chi connectivity index (χ4v) is 5.84. The maximum absolute atomic E-state index is 12.7. The number of carbonyl (C=O) groups is 1. The predicted molar refractivity (Wildman–Crippen MR) is 148 cm³/mol. The first-order chi connectivity index (χ1) is 17.8. The smallest absolute Gasteiger partial charge is 0.261 e. The molecule has 2 N–H and O–H groups in total. The lowest BCUT2D eigenvalue weighted by molar-refractivity contribution is 0.102. The van der Waals surface area contributed by atoms with Gasteiger partial charge in [-0.05, 0) is 97.4 Å². The first-order valence-corrected chi connectivity index (χ1v) is 13.7. The van der Waals surface area contributed by atoms with E-state index in [0.717, 1.165) is 20.8 Å². The van der Waals surface area contributed by atoms with Crippen LogP contribution in [0.4, 0.5) is 11.4 Å². The van der Waals surface area contributed by atoms with E-state index >= 15 is 0 Å². The van der Waals surface area contributed by atoms with Gasteiger partial charge in [0.2, 0.25) is 0 Å². The molecule has 0 saturated heterocycles. The second-order valence-corrected chi connectivity index (χ2v) is 11.1. The van der Waals surface area contributed by atoms with Gasteiger partial charge in [0.05, 0.1) is 22.2 Å². The monoisotopic (exact) mass is 529 g/mol. The van der Waals surface area contributed by atoms with E-state index in [0.29, 0.717) is 22.7 Å². The third kappa shape index (κ3) is 5.47. The Labute approximate surface area is 218 Å². The van der Waals surface area contributed by atoms with Gasteiger partial charge in [-0.2, -0.15) is 0 Å². The minimum absolute atomic E-state index is 0.111. The van der Waals surface area contributed by atoms with Gasteiger partial charge < -0.3 is 10.1 Å². The molecule has 37 heavy (non-hydrogen) atoms. The number of benzene rings is 4. The number of fused-ring (bicyclic) bond motifs is 1. The first-order valence-electron chi connectivity index (χ1n) is 11.4. The number of nitrogens with zero attached hydrogens (tertiary/aromatic N) is 1. The van der Waals surface area contributed by atoms with Crippen molar-refractivity contribution < 1.29 is 17.9 Å². The number of ether oxygens (including phenoxy) is 1. The number of anilines is 2. The number of hydrogen-bond acceptors (Lipinski definition) is 6. The lowest BCUT2D eigenvalue weighted by Gasteiger charge is -2.10. The number of amides is 1. The van der Waals surface area contributed by atoms with Crippen molar-refractivity contribution in [1.29, 1.82) is 0 Å². The zero-order valence-electron chi connectivity index (χ0n) is 20.1. The zero-order chi connectivity index (χ0) is 26.0. The van der Waals surface area contributed by atoms with Crippen LogP contribution < -0.4 is 14.8 Å². The maximum Gasteiger partial charge on any atom is 0.261 e. The highest BCUT2D eigenvalue weighted by molar-refractivity contribution is 7.92. The molecule has 4 aromatic carbocycles. The first kappa shape index (κ1) is 24.5. The van der Waals surface area contributed by atoms with E-state index in [1.54, 1.807) is 47.7 Å². The molecule has 5 aromatic rings. The number of methoxy groups -OCH3 is 1. The lowest BCUT2D eigenvalue weighted by Crippen LogP contribution is -2.14. The van der Waals surface area contributed by atoms with Crippen molar-refractivity contribution in [2.45, 2.75) is 11.8 Å². The second kappa shape index (κ2) is 10.0. The molecule has 0 fully saturated rings. The number of carbonyl (C=O) groups excluding carboxylic acids is 1. The molecular weight excluding hydrogens is 506 g/mol. The van der Waals surface area contributed by atoms with Crippen molar-refractivity contribution >= 4 is 48.9 Å². The van der Waals surface area contributed by atoms with Crippen LogP contribution in [0, 0.1) is 6.92 Å². The van der Waals surface area contributed by atoms with E-state index in [4.69, 9.17) is 9.72 Å². The molecule has 7 nitrogen and oxygen atoms in total. The average molecular weight is 530 g/mol. The summed E-state index contributed by atoms with van der Waals surface area (Å²) in [4.78, 5) is 17.5. The predicted octanol–water partition coefficient (Wildman–Crippen LogP) is 6.33. The molecule has 0 saturated carbocycles. The van der Waals surface area contributed by atoms with Gasteiger partial charge in [0, 0.05) is 22.5 Å². The fraction of sp³-hybridized carbons (Fsp3) is 0.0714. The number of nitrogens with one attached hydrogen (secondary N) is 2. The molecule has 1 amide bonds. The number of thiazole rings is 1. The van der Waals surface area contributed by atoms with E-state index in [-0.39, 0.29) is 10.8 Å². The van der Waals surface area contributed by atoms with Crippen LogP contribution in [0.2, 0.25) is 0 Å². The summed E-state index contributed by atoms with van der Waals surface area (Å²) in [6, 6.07) is 26.0. The van der Waals surface area contributed by atoms with Crippen LogP contribution in [0.15, 0.2) is 95.9 Å². The number of rotatable bonds is 7. The van der Waals surface area contributed by atoms with Crippen molar-refractivity contribution in [3.63, 3.8) is 0 Å². The van der Waals surface area contributed by atoms with Crippen molar-refractivity contribution in [1.82, 2.24) is 4.98 Å². The molecule has 1 heterocycles. The van der Waals surface area contributed by atoms with Gasteiger partial charge in [-0.1, -0.05) is 6.07 Å². The van der Waals surface area contributed by atoms with Crippen LogP contribution in [-0.4, -0.2) is 26.4 Å². The summed E-state index contributed by atoms with van der Waals surface area (Å²) in [5.74, 6) is 0.267. The summed E-state index contributed by atoms with van der Waals surface area (Å²) in [5.41, 5.74) is 4.54. The summed E-state index contributed by atoms with van der Waals surface area (Å²) in [6.07, 6.45) is 0. The molecule has 9 heteroatoms. The second-order valence-electron chi connectivity index (χ2n) is 8.38. The number of sulfonamides is 1. The van der Waals surface area contributed by atoms with Crippen molar-refractivity contribution in [3.05, 3.63) is 102 Å². The quantitative estimate of drug-likeness (QED) is 0.257. The number of aromatic nitrogens is 1.